The van der Waals surface area contributed by atoms with E-state index < -0.39 is 0 Å². The number of hydrogen-bond donors (Lipinski definition) is 0. The topological polar surface area (TPSA) is 54.8 Å². The van der Waals surface area contributed by atoms with E-state index in [2.05, 4.69) is 24.8 Å². The monoisotopic (exact) mass is 295 g/mol. The number of nitrogens with zero attached hydrogens (tertiary/aromatic N) is 5. The zero-order chi connectivity index (χ0) is 14.8. The van der Waals surface area contributed by atoms with Gasteiger partial charge in [-0.15, -0.1) is 0 Å². The molecule has 2 aliphatic rings. The molecule has 1 saturated heterocycles. The number of hydrogen-bond acceptors (Lipinski definition) is 5. The van der Waals surface area contributed by atoms with Crippen LogP contribution in [0.1, 0.15) is 25.0 Å². The van der Waals surface area contributed by atoms with Gasteiger partial charge in [-0.2, -0.15) is 0 Å². The quantitative estimate of drug-likeness (QED) is 0.870. The van der Waals surface area contributed by atoms with Crippen molar-refractivity contribution in [2.75, 3.05) is 18.0 Å². The summed E-state index contributed by atoms with van der Waals surface area (Å²) in [5.74, 6) is 2.29. The zero-order valence-electron chi connectivity index (χ0n) is 12.7. The molecule has 2 aromatic heterocycles. The van der Waals surface area contributed by atoms with Crippen molar-refractivity contribution in [1.82, 2.24) is 19.9 Å². The van der Waals surface area contributed by atoms with Crippen molar-refractivity contribution >= 4 is 5.69 Å². The highest BCUT2D eigenvalue weighted by molar-refractivity contribution is 5.43. The van der Waals surface area contributed by atoms with Crippen LogP contribution in [0.25, 0.3) is 0 Å². The summed E-state index contributed by atoms with van der Waals surface area (Å²) in [6, 6.07) is 0. The van der Waals surface area contributed by atoms with Crippen LogP contribution in [0, 0.1) is 17.8 Å². The van der Waals surface area contributed by atoms with Gasteiger partial charge in [0.2, 0.25) is 0 Å². The fourth-order valence-electron chi connectivity index (χ4n) is 4.21. The molecule has 5 nitrogen and oxygen atoms in total. The van der Waals surface area contributed by atoms with E-state index in [0.717, 1.165) is 48.6 Å². The van der Waals surface area contributed by atoms with Crippen LogP contribution in [-0.2, 0) is 6.42 Å². The summed E-state index contributed by atoms with van der Waals surface area (Å²) in [6.45, 7) is 2.28. The summed E-state index contributed by atoms with van der Waals surface area (Å²) < 4.78 is 0. The highest BCUT2D eigenvalue weighted by atomic mass is 15.2. The molecule has 0 radical (unpaired) electrons. The molecular formula is C17H21N5. The van der Waals surface area contributed by atoms with Crippen LogP contribution >= 0.6 is 0 Å². The van der Waals surface area contributed by atoms with E-state index in [-0.39, 0.29) is 0 Å². The summed E-state index contributed by atoms with van der Waals surface area (Å²) >= 11 is 0. The minimum absolute atomic E-state index is 0.727. The Kier molecular flexibility index (Phi) is 3.70. The van der Waals surface area contributed by atoms with E-state index >= 15 is 0 Å². The maximum atomic E-state index is 4.47. The number of aromatic nitrogens is 4. The van der Waals surface area contributed by atoms with Gasteiger partial charge >= 0.3 is 0 Å². The van der Waals surface area contributed by atoms with Gasteiger partial charge in [-0.25, -0.2) is 9.97 Å². The van der Waals surface area contributed by atoms with Gasteiger partial charge < -0.3 is 4.90 Å². The maximum Gasteiger partial charge on any atom is 0.115 e. The molecular weight excluding hydrogens is 274 g/mol. The molecule has 2 aromatic rings. The fourth-order valence-corrected chi connectivity index (χ4v) is 4.21. The third-order valence-corrected chi connectivity index (χ3v) is 5.25. The van der Waals surface area contributed by atoms with Gasteiger partial charge in [-0.05, 0) is 37.0 Å². The summed E-state index contributed by atoms with van der Waals surface area (Å²) in [7, 11) is 0. The Hall–Kier alpha value is -2.04. The van der Waals surface area contributed by atoms with Gasteiger partial charge in [0.05, 0.1) is 23.8 Å². The first kappa shape index (κ1) is 13.6. The Morgan fingerprint density at radius 1 is 1.00 bits per heavy atom. The van der Waals surface area contributed by atoms with Gasteiger partial charge in [-0.3, -0.25) is 9.97 Å². The summed E-state index contributed by atoms with van der Waals surface area (Å²) in [6.07, 6.45) is 16.0. The summed E-state index contributed by atoms with van der Waals surface area (Å²) in [5.41, 5.74) is 2.30. The highest BCUT2D eigenvalue weighted by Gasteiger charge is 2.40. The van der Waals surface area contributed by atoms with Crippen molar-refractivity contribution in [2.45, 2.75) is 25.7 Å². The second-order valence-electron chi connectivity index (χ2n) is 6.52. The van der Waals surface area contributed by atoms with E-state index in [1.807, 2.05) is 18.6 Å². The molecule has 22 heavy (non-hydrogen) atoms. The van der Waals surface area contributed by atoms with Crippen LogP contribution < -0.4 is 4.90 Å². The van der Waals surface area contributed by atoms with Crippen molar-refractivity contribution in [1.29, 1.82) is 0 Å². The van der Waals surface area contributed by atoms with Crippen molar-refractivity contribution in [2.24, 2.45) is 17.8 Å². The third kappa shape index (κ3) is 2.67. The minimum atomic E-state index is 0.727. The minimum Gasteiger partial charge on any atom is -0.368 e. The summed E-state index contributed by atoms with van der Waals surface area (Å²) in [5, 5.41) is 0. The van der Waals surface area contributed by atoms with Gasteiger partial charge in [-0.1, -0.05) is 6.42 Å². The van der Waals surface area contributed by atoms with Crippen LogP contribution in [0.15, 0.2) is 37.3 Å². The average Bonchev–Trinajstić information content (AvgIpc) is 3.02. The van der Waals surface area contributed by atoms with Crippen LogP contribution in [0.5, 0.6) is 0 Å². The Morgan fingerprint density at radius 3 is 2.73 bits per heavy atom. The van der Waals surface area contributed by atoms with E-state index in [1.165, 1.54) is 19.3 Å². The molecule has 4 rings (SSSR count). The van der Waals surface area contributed by atoms with Gasteiger partial charge in [0.1, 0.15) is 6.33 Å². The van der Waals surface area contributed by atoms with E-state index in [9.17, 15) is 0 Å². The van der Waals surface area contributed by atoms with Crippen LogP contribution in [0.3, 0.4) is 0 Å². The molecule has 3 atom stereocenters. The van der Waals surface area contributed by atoms with E-state index in [4.69, 9.17) is 0 Å². The van der Waals surface area contributed by atoms with Crippen molar-refractivity contribution in [3.63, 3.8) is 0 Å². The molecule has 5 heteroatoms. The SMILES string of the molecule is c1cnc(C[C@H]2CCC[C@@H]3CN(c4cncnc4)C[C@H]23)cn1. The molecule has 0 spiro atoms. The van der Waals surface area contributed by atoms with Crippen molar-refractivity contribution in [3.05, 3.63) is 43.0 Å². The normalized spacial score (nSPS) is 27.6. The lowest BCUT2D eigenvalue weighted by Crippen LogP contribution is -2.29. The Labute approximate surface area is 130 Å². The second-order valence-corrected chi connectivity index (χ2v) is 6.52. The van der Waals surface area contributed by atoms with E-state index in [1.54, 1.807) is 18.7 Å². The van der Waals surface area contributed by atoms with Crippen molar-refractivity contribution < 1.29 is 0 Å². The molecule has 1 saturated carbocycles. The van der Waals surface area contributed by atoms with E-state index in [0.29, 0.717) is 0 Å². The Balaban J connectivity index is 1.49. The van der Waals surface area contributed by atoms with Crippen molar-refractivity contribution in [3.8, 4) is 0 Å². The lowest BCUT2D eigenvalue weighted by molar-refractivity contribution is 0.197. The molecule has 1 aliphatic heterocycles. The largest absolute Gasteiger partial charge is 0.368 e. The lowest BCUT2D eigenvalue weighted by atomic mass is 9.72. The molecule has 0 amide bonds. The molecule has 1 aliphatic carbocycles. The standard InChI is InChI=1S/C17H21N5/c1-2-13(6-15-7-18-4-5-21-15)17-11-22(10-14(17)3-1)16-8-19-12-20-9-16/h4-5,7-9,12-14,17H,1-3,6,10-11H2/t13-,14-,17-/m1/s1. The maximum absolute atomic E-state index is 4.47. The first-order valence-electron chi connectivity index (χ1n) is 8.15. The molecule has 114 valence electrons. The Morgan fingerprint density at radius 2 is 1.91 bits per heavy atom. The molecule has 0 aromatic carbocycles. The first-order chi connectivity index (χ1) is 10.9. The zero-order valence-corrected chi connectivity index (χ0v) is 12.7. The van der Waals surface area contributed by atoms with Crippen LogP contribution in [0.4, 0.5) is 5.69 Å². The smallest absolute Gasteiger partial charge is 0.115 e. The lowest BCUT2D eigenvalue weighted by Gasteiger charge is -2.32. The average molecular weight is 295 g/mol. The first-order valence-corrected chi connectivity index (χ1v) is 8.15. The highest BCUT2D eigenvalue weighted by Crippen LogP contribution is 2.42. The molecule has 0 bridgehead atoms. The predicted octanol–water partition coefficient (Wildman–Crippen LogP) is 2.36. The summed E-state index contributed by atoms with van der Waals surface area (Å²) in [4.78, 5) is 19.5. The van der Waals surface area contributed by atoms with Crippen LogP contribution in [-0.4, -0.2) is 33.0 Å². The third-order valence-electron chi connectivity index (χ3n) is 5.25. The fraction of sp³-hybridized carbons (Fsp3) is 0.529. The predicted molar refractivity (Wildman–Crippen MR) is 84.3 cm³/mol. The molecule has 2 fully saturated rings. The number of rotatable bonds is 3. The van der Waals surface area contributed by atoms with Gasteiger partial charge in [0, 0.05) is 31.7 Å². The second kappa shape index (κ2) is 5.99. The Bertz CT molecular complexity index is 603. The van der Waals surface area contributed by atoms with Crippen LogP contribution in [0.2, 0.25) is 0 Å². The van der Waals surface area contributed by atoms with Gasteiger partial charge in [0.15, 0.2) is 0 Å². The number of anilines is 1. The number of fused-ring (bicyclic) bond motifs is 1. The van der Waals surface area contributed by atoms with Gasteiger partial charge in [0.25, 0.3) is 0 Å². The molecule has 0 unspecified atom stereocenters. The molecule has 3 heterocycles. The molecule has 0 N–H and O–H groups in total.